The molecule has 0 unspecified atom stereocenters. The van der Waals surface area contributed by atoms with E-state index in [-0.39, 0.29) is 5.57 Å². The normalized spacial score (nSPS) is 23.8. The highest BCUT2D eigenvalue weighted by molar-refractivity contribution is 6.17. The molecule has 64 valence electrons. The van der Waals surface area contributed by atoms with Gasteiger partial charge in [0, 0.05) is 6.42 Å². The van der Waals surface area contributed by atoms with Gasteiger partial charge in [-0.05, 0) is 11.6 Å². The maximum absolute atomic E-state index is 10.7. The van der Waals surface area contributed by atoms with Crippen molar-refractivity contribution in [2.45, 2.75) is 12.5 Å². The van der Waals surface area contributed by atoms with E-state index >= 15 is 0 Å². The third-order valence-corrected chi connectivity index (χ3v) is 1.52. The molecule has 0 aromatic carbocycles. The smallest absolute Gasteiger partial charge is 0.192 e. The van der Waals surface area contributed by atoms with Gasteiger partial charge < -0.3 is 15.0 Å². The third kappa shape index (κ3) is 1.40. The fraction of sp³-hybridized carbons (Fsp3) is 0.286. The topological polar surface area (TPSA) is 94.5 Å². The number of aliphatic hydroxyl groups excluding tert-OH is 1. The lowest BCUT2D eigenvalue weighted by Crippen LogP contribution is -2.37. The lowest BCUT2D eigenvalue weighted by molar-refractivity contribution is -0.299. The van der Waals surface area contributed by atoms with Gasteiger partial charge in [-0.1, -0.05) is 0 Å². The molecular formula is C7H5O5-. The maximum atomic E-state index is 10.7. The molecular weight excluding hydrogens is 164 g/mol. The molecule has 1 aliphatic rings. The van der Waals surface area contributed by atoms with E-state index in [1.807, 2.05) is 0 Å². The zero-order chi connectivity index (χ0) is 9.30. The van der Waals surface area contributed by atoms with Crippen LogP contribution in [-0.2, 0) is 14.4 Å². The van der Waals surface area contributed by atoms with Crippen LogP contribution >= 0.6 is 0 Å². The van der Waals surface area contributed by atoms with Crippen molar-refractivity contribution in [3.05, 3.63) is 11.6 Å². The Hall–Kier alpha value is -1.49. The van der Waals surface area contributed by atoms with Gasteiger partial charge in [0.05, 0.1) is 5.97 Å². The molecule has 0 heterocycles. The number of ketones is 2. The molecule has 1 atom stereocenters. The second-order valence-electron chi connectivity index (χ2n) is 2.41. The molecule has 1 rings (SSSR count). The standard InChI is InChI=1S/C7H6O5/c8-4-1-3(7(11)12)2-5(9)6(4)10/h1,6,10H,2H2,(H,11,12)/p-1/t6-/m1/s1. The highest BCUT2D eigenvalue weighted by Gasteiger charge is 2.28. The zero-order valence-corrected chi connectivity index (χ0v) is 5.94. The first-order valence-corrected chi connectivity index (χ1v) is 3.19. The van der Waals surface area contributed by atoms with Gasteiger partial charge in [-0.15, -0.1) is 0 Å². The van der Waals surface area contributed by atoms with Crippen LogP contribution in [0.1, 0.15) is 6.42 Å². The van der Waals surface area contributed by atoms with Crippen molar-refractivity contribution in [1.29, 1.82) is 0 Å². The Bertz CT molecular complexity index is 288. The number of aliphatic hydroxyl groups is 1. The van der Waals surface area contributed by atoms with Gasteiger partial charge in [-0.25, -0.2) is 0 Å². The number of carboxylic acid groups (broad SMARTS) is 1. The van der Waals surface area contributed by atoms with Crippen molar-refractivity contribution in [3.8, 4) is 0 Å². The van der Waals surface area contributed by atoms with Gasteiger partial charge in [0.2, 0.25) is 0 Å². The van der Waals surface area contributed by atoms with E-state index in [1.54, 1.807) is 0 Å². The molecule has 0 radical (unpaired) electrons. The quantitative estimate of drug-likeness (QED) is 0.440. The second kappa shape index (κ2) is 2.86. The Morgan fingerprint density at radius 2 is 2.17 bits per heavy atom. The molecule has 0 aromatic rings. The first kappa shape index (κ1) is 8.61. The summed E-state index contributed by atoms with van der Waals surface area (Å²) < 4.78 is 0. The minimum absolute atomic E-state index is 0.379. The summed E-state index contributed by atoms with van der Waals surface area (Å²) in [5, 5.41) is 19.0. The molecule has 0 saturated heterocycles. The van der Waals surface area contributed by atoms with Crippen molar-refractivity contribution in [2.24, 2.45) is 0 Å². The van der Waals surface area contributed by atoms with Crippen molar-refractivity contribution < 1.29 is 24.6 Å². The van der Waals surface area contributed by atoms with Gasteiger partial charge >= 0.3 is 0 Å². The summed E-state index contributed by atoms with van der Waals surface area (Å²) in [6, 6.07) is 0. The first-order chi connectivity index (χ1) is 5.52. The van der Waals surface area contributed by atoms with Crippen LogP contribution in [0.15, 0.2) is 11.6 Å². The minimum Gasteiger partial charge on any atom is -0.545 e. The zero-order valence-electron chi connectivity index (χ0n) is 5.94. The molecule has 5 nitrogen and oxygen atoms in total. The van der Waals surface area contributed by atoms with Crippen LogP contribution in [0.4, 0.5) is 0 Å². The van der Waals surface area contributed by atoms with E-state index in [2.05, 4.69) is 0 Å². The molecule has 0 saturated carbocycles. The number of hydrogen-bond donors (Lipinski definition) is 1. The molecule has 0 aliphatic heterocycles. The number of Topliss-reactive ketones (excluding diaryl/α,β-unsaturated/α-hetero) is 1. The number of carbonyl (C=O) groups is 3. The van der Waals surface area contributed by atoms with E-state index in [0.717, 1.165) is 6.08 Å². The SMILES string of the molecule is O=C([O-])C1=CC(=O)[C@@H](O)C(=O)C1. The third-order valence-electron chi connectivity index (χ3n) is 1.52. The minimum atomic E-state index is -1.70. The molecule has 1 N–H and O–H groups in total. The van der Waals surface area contributed by atoms with Gasteiger partial charge in [0.1, 0.15) is 0 Å². The Labute approximate surface area is 67.3 Å². The summed E-state index contributed by atoms with van der Waals surface area (Å²) in [5.41, 5.74) is -0.379. The average Bonchev–Trinajstić information content (AvgIpc) is 1.99. The van der Waals surface area contributed by atoms with Gasteiger partial charge in [-0.3, -0.25) is 9.59 Å². The Morgan fingerprint density at radius 1 is 1.58 bits per heavy atom. The predicted molar refractivity (Wildman–Crippen MR) is 33.7 cm³/mol. The van der Waals surface area contributed by atoms with Crippen LogP contribution in [-0.4, -0.2) is 28.7 Å². The summed E-state index contributed by atoms with van der Waals surface area (Å²) in [6.45, 7) is 0. The molecule has 0 fully saturated rings. The Balaban J connectivity index is 2.96. The number of rotatable bonds is 1. The molecule has 0 spiro atoms. The Kier molecular flexibility index (Phi) is 2.05. The van der Waals surface area contributed by atoms with Gasteiger partial charge in [0.15, 0.2) is 17.7 Å². The molecule has 0 aromatic heterocycles. The summed E-state index contributed by atoms with van der Waals surface area (Å²) >= 11 is 0. The van der Waals surface area contributed by atoms with E-state index in [1.165, 1.54) is 0 Å². The summed E-state index contributed by atoms with van der Waals surface area (Å²) in [7, 11) is 0. The van der Waals surface area contributed by atoms with Crippen molar-refractivity contribution in [1.82, 2.24) is 0 Å². The molecule has 0 bridgehead atoms. The van der Waals surface area contributed by atoms with Gasteiger partial charge in [-0.2, -0.15) is 0 Å². The second-order valence-corrected chi connectivity index (χ2v) is 2.41. The van der Waals surface area contributed by atoms with Crippen LogP contribution in [0.2, 0.25) is 0 Å². The van der Waals surface area contributed by atoms with E-state index in [9.17, 15) is 19.5 Å². The average molecular weight is 169 g/mol. The van der Waals surface area contributed by atoms with E-state index in [0.29, 0.717) is 0 Å². The van der Waals surface area contributed by atoms with Crippen molar-refractivity contribution in [3.63, 3.8) is 0 Å². The van der Waals surface area contributed by atoms with E-state index < -0.39 is 30.1 Å². The Morgan fingerprint density at radius 3 is 2.58 bits per heavy atom. The lowest BCUT2D eigenvalue weighted by Gasteiger charge is -2.15. The summed E-state index contributed by atoms with van der Waals surface area (Å²) in [6.07, 6.45) is -1.43. The molecule has 12 heavy (non-hydrogen) atoms. The van der Waals surface area contributed by atoms with Crippen LogP contribution in [0.3, 0.4) is 0 Å². The number of carboxylic acids is 1. The predicted octanol–water partition coefficient (Wildman–Crippen LogP) is -2.43. The number of aliphatic carboxylic acids is 1. The fourth-order valence-electron chi connectivity index (χ4n) is 0.876. The number of carbonyl (C=O) groups excluding carboxylic acids is 3. The fourth-order valence-corrected chi connectivity index (χ4v) is 0.876. The van der Waals surface area contributed by atoms with Crippen LogP contribution < -0.4 is 5.11 Å². The monoisotopic (exact) mass is 169 g/mol. The summed E-state index contributed by atoms with van der Waals surface area (Å²) in [4.78, 5) is 31.6. The van der Waals surface area contributed by atoms with Crippen LogP contribution in [0, 0.1) is 0 Å². The lowest BCUT2D eigenvalue weighted by atomic mass is 9.95. The van der Waals surface area contributed by atoms with E-state index in [4.69, 9.17) is 5.11 Å². The molecule has 0 amide bonds. The number of hydrogen-bond acceptors (Lipinski definition) is 5. The maximum Gasteiger partial charge on any atom is 0.192 e. The largest absolute Gasteiger partial charge is 0.545 e. The highest BCUT2D eigenvalue weighted by atomic mass is 16.4. The highest BCUT2D eigenvalue weighted by Crippen LogP contribution is 2.11. The first-order valence-electron chi connectivity index (χ1n) is 3.19. The van der Waals surface area contributed by atoms with Crippen LogP contribution in [0.5, 0.6) is 0 Å². The molecule has 1 aliphatic carbocycles. The molecule has 5 heteroatoms. The summed E-state index contributed by atoms with van der Waals surface area (Å²) in [5.74, 6) is -3.25. The van der Waals surface area contributed by atoms with Gasteiger partial charge in [0.25, 0.3) is 0 Å². The van der Waals surface area contributed by atoms with Crippen LogP contribution in [0.25, 0.3) is 0 Å². The van der Waals surface area contributed by atoms with Crippen molar-refractivity contribution >= 4 is 17.5 Å². The van der Waals surface area contributed by atoms with Crippen molar-refractivity contribution in [2.75, 3.05) is 0 Å².